The van der Waals surface area contributed by atoms with Crippen molar-refractivity contribution in [3.05, 3.63) is 58.7 Å². The van der Waals surface area contributed by atoms with Gasteiger partial charge in [-0.05, 0) is 69.4 Å². The molecule has 4 rings (SSSR count). The first-order valence-corrected chi connectivity index (χ1v) is 11.8. The molecule has 2 atom stereocenters. The van der Waals surface area contributed by atoms with Gasteiger partial charge in [0.2, 0.25) is 0 Å². The number of carbonyl (C=O) groups excluding carboxylic acids is 2. The minimum absolute atomic E-state index is 0.0512. The van der Waals surface area contributed by atoms with Gasteiger partial charge in [-0.15, -0.1) is 0 Å². The molecular weight excluding hydrogens is 448 g/mol. The number of likely N-dealkylation sites (tertiary alicyclic amines) is 1. The third-order valence-corrected chi connectivity index (χ3v) is 6.30. The summed E-state index contributed by atoms with van der Waals surface area (Å²) >= 11 is 0. The van der Waals surface area contributed by atoms with Gasteiger partial charge in [0.1, 0.15) is 17.6 Å². The van der Waals surface area contributed by atoms with E-state index in [-0.39, 0.29) is 17.4 Å². The number of methoxy groups -OCH3 is 1. The van der Waals surface area contributed by atoms with Crippen LogP contribution in [-0.2, 0) is 16.0 Å². The largest absolute Gasteiger partial charge is 0.507 e. The van der Waals surface area contributed by atoms with E-state index in [1.54, 1.807) is 30.3 Å². The zero-order valence-electron chi connectivity index (χ0n) is 20.8. The Labute approximate surface area is 205 Å². The Kier molecular flexibility index (Phi) is 7.03. The van der Waals surface area contributed by atoms with E-state index in [1.165, 1.54) is 12.0 Å². The van der Waals surface area contributed by atoms with Crippen LogP contribution in [0.1, 0.15) is 36.6 Å². The van der Waals surface area contributed by atoms with Gasteiger partial charge < -0.3 is 29.1 Å². The standard InChI is InChI=1S/C27H32N2O6/c1-6-34-21-10-7-17(15-22(21)33-5)24-23(26(31)27(32)29(24)12-11-28(3)4)25(30)18-8-9-20-19(14-18)13-16(2)35-20/h7-10,14-16,24,30H,6,11-13H2,1-5H3. The van der Waals surface area contributed by atoms with Gasteiger partial charge >= 0.3 is 0 Å². The predicted molar refractivity (Wildman–Crippen MR) is 132 cm³/mol. The Morgan fingerprint density at radius 2 is 1.94 bits per heavy atom. The summed E-state index contributed by atoms with van der Waals surface area (Å²) in [4.78, 5) is 29.9. The van der Waals surface area contributed by atoms with Gasteiger partial charge in [-0.25, -0.2) is 0 Å². The number of hydrogen-bond donors (Lipinski definition) is 1. The van der Waals surface area contributed by atoms with Gasteiger partial charge in [0.15, 0.2) is 11.5 Å². The van der Waals surface area contributed by atoms with Crippen molar-refractivity contribution < 1.29 is 28.9 Å². The van der Waals surface area contributed by atoms with Crippen molar-refractivity contribution in [1.29, 1.82) is 0 Å². The molecule has 2 unspecified atom stereocenters. The van der Waals surface area contributed by atoms with Crippen LogP contribution in [0, 0.1) is 0 Å². The minimum atomic E-state index is -0.761. The highest BCUT2D eigenvalue weighted by molar-refractivity contribution is 6.46. The van der Waals surface area contributed by atoms with Gasteiger partial charge in [-0.2, -0.15) is 0 Å². The summed E-state index contributed by atoms with van der Waals surface area (Å²) in [6.07, 6.45) is 0.767. The van der Waals surface area contributed by atoms with Crippen molar-refractivity contribution in [2.24, 2.45) is 0 Å². The van der Waals surface area contributed by atoms with Crippen molar-refractivity contribution in [2.45, 2.75) is 32.4 Å². The second-order valence-corrected chi connectivity index (χ2v) is 9.09. The van der Waals surface area contributed by atoms with E-state index in [1.807, 2.05) is 38.9 Å². The molecule has 2 aromatic rings. The first-order valence-electron chi connectivity index (χ1n) is 11.8. The molecule has 2 aliphatic rings. The number of nitrogens with zero attached hydrogens (tertiary/aromatic N) is 2. The zero-order chi connectivity index (χ0) is 25.3. The number of Topliss-reactive ketones (excluding diaryl/α,β-unsaturated/α-hetero) is 1. The van der Waals surface area contributed by atoms with E-state index in [9.17, 15) is 14.7 Å². The number of likely N-dealkylation sites (N-methyl/N-ethyl adjacent to an activating group) is 1. The number of amides is 1. The van der Waals surface area contributed by atoms with Crippen LogP contribution in [0.4, 0.5) is 0 Å². The number of aliphatic hydroxyl groups excluding tert-OH is 1. The fourth-order valence-electron chi connectivity index (χ4n) is 4.62. The highest BCUT2D eigenvalue weighted by atomic mass is 16.5. The molecule has 0 radical (unpaired) electrons. The number of aliphatic hydroxyl groups is 1. The van der Waals surface area contributed by atoms with E-state index >= 15 is 0 Å². The molecule has 0 bridgehead atoms. The number of rotatable bonds is 8. The van der Waals surface area contributed by atoms with E-state index in [0.29, 0.717) is 48.7 Å². The molecule has 2 aliphatic heterocycles. The molecule has 0 aliphatic carbocycles. The Bertz CT molecular complexity index is 1170. The fraction of sp³-hybridized carbons (Fsp3) is 0.407. The Balaban J connectivity index is 1.83. The van der Waals surface area contributed by atoms with Crippen LogP contribution in [0.15, 0.2) is 42.0 Å². The highest BCUT2D eigenvalue weighted by Crippen LogP contribution is 2.42. The van der Waals surface area contributed by atoms with Crippen LogP contribution in [0.3, 0.4) is 0 Å². The highest BCUT2D eigenvalue weighted by Gasteiger charge is 2.46. The maximum Gasteiger partial charge on any atom is 0.295 e. The molecular formula is C27H32N2O6. The number of ether oxygens (including phenoxy) is 3. The summed E-state index contributed by atoms with van der Waals surface area (Å²) in [7, 11) is 5.34. The second-order valence-electron chi connectivity index (χ2n) is 9.09. The summed E-state index contributed by atoms with van der Waals surface area (Å²) in [6, 6.07) is 9.91. The van der Waals surface area contributed by atoms with Gasteiger partial charge in [0.25, 0.3) is 11.7 Å². The van der Waals surface area contributed by atoms with Gasteiger partial charge in [0.05, 0.1) is 25.3 Å². The first kappa shape index (κ1) is 24.6. The summed E-state index contributed by atoms with van der Waals surface area (Å²) in [6.45, 7) is 5.22. The maximum atomic E-state index is 13.3. The lowest BCUT2D eigenvalue weighted by molar-refractivity contribution is -0.140. The summed E-state index contributed by atoms with van der Waals surface area (Å²) in [5.41, 5.74) is 2.16. The lowest BCUT2D eigenvalue weighted by Gasteiger charge is -2.27. The fourth-order valence-corrected chi connectivity index (χ4v) is 4.62. The molecule has 186 valence electrons. The Morgan fingerprint density at radius 1 is 1.17 bits per heavy atom. The molecule has 1 amide bonds. The molecule has 8 nitrogen and oxygen atoms in total. The normalized spacial score (nSPS) is 20.8. The molecule has 8 heteroatoms. The number of carbonyl (C=O) groups is 2. The van der Waals surface area contributed by atoms with E-state index in [4.69, 9.17) is 14.2 Å². The van der Waals surface area contributed by atoms with Crippen LogP contribution < -0.4 is 14.2 Å². The van der Waals surface area contributed by atoms with Crippen LogP contribution in [-0.4, -0.2) is 73.6 Å². The third-order valence-electron chi connectivity index (χ3n) is 6.30. The van der Waals surface area contributed by atoms with Crippen molar-refractivity contribution in [2.75, 3.05) is 40.9 Å². The molecule has 0 aromatic heterocycles. The van der Waals surface area contributed by atoms with Gasteiger partial charge in [-0.3, -0.25) is 9.59 Å². The molecule has 0 spiro atoms. The van der Waals surface area contributed by atoms with E-state index in [0.717, 1.165) is 11.3 Å². The molecule has 0 saturated carbocycles. The Hall–Kier alpha value is -3.52. The lowest BCUT2D eigenvalue weighted by Crippen LogP contribution is -2.35. The third kappa shape index (κ3) is 4.71. The summed E-state index contributed by atoms with van der Waals surface area (Å²) < 4.78 is 16.9. The molecule has 1 N–H and O–H groups in total. The van der Waals surface area contributed by atoms with E-state index < -0.39 is 17.7 Å². The van der Waals surface area contributed by atoms with Crippen molar-refractivity contribution in [3.8, 4) is 17.2 Å². The SMILES string of the molecule is CCOc1ccc(C2C(=C(O)c3ccc4c(c3)CC(C)O4)C(=O)C(=O)N2CCN(C)C)cc1OC. The first-order chi connectivity index (χ1) is 16.7. The molecule has 2 aromatic carbocycles. The van der Waals surface area contributed by atoms with Crippen LogP contribution in [0.2, 0.25) is 0 Å². The number of fused-ring (bicyclic) bond motifs is 1. The van der Waals surface area contributed by atoms with Crippen LogP contribution in [0.5, 0.6) is 17.2 Å². The average Bonchev–Trinajstić information content (AvgIpc) is 3.33. The van der Waals surface area contributed by atoms with Crippen molar-refractivity contribution in [3.63, 3.8) is 0 Å². The average molecular weight is 481 g/mol. The predicted octanol–water partition coefficient (Wildman–Crippen LogP) is 3.40. The molecule has 1 fully saturated rings. The Morgan fingerprint density at radius 3 is 2.63 bits per heavy atom. The number of ketones is 1. The quantitative estimate of drug-likeness (QED) is 0.352. The molecule has 2 heterocycles. The number of benzene rings is 2. The smallest absolute Gasteiger partial charge is 0.295 e. The summed E-state index contributed by atoms with van der Waals surface area (Å²) in [5, 5.41) is 11.4. The van der Waals surface area contributed by atoms with Crippen LogP contribution >= 0.6 is 0 Å². The second kappa shape index (κ2) is 10.00. The lowest BCUT2D eigenvalue weighted by atomic mass is 9.94. The van der Waals surface area contributed by atoms with Gasteiger partial charge in [-0.1, -0.05) is 6.07 Å². The number of hydrogen-bond acceptors (Lipinski definition) is 7. The van der Waals surface area contributed by atoms with Gasteiger partial charge in [0, 0.05) is 25.1 Å². The van der Waals surface area contributed by atoms with E-state index in [2.05, 4.69) is 0 Å². The van der Waals surface area contributed by atoms with Crippen LogP contribution in [0.25, 0.3) is 5.76 Å². The van der Waals surface area contributed by atoms with Crippen molar-refractivity contribution >= 4 is 17.4 Å². The monoisotopic (exact) mass is 480 g/mol. The molecule has 35 heavy (non-hydrogen) atoms. The molecule has 1 saturated heterocycles. The topological polar surface area (TPSA) is 88.5 Å². The van der Waals surface area contributed by atoms with Crippen molar-refractivity contribution in [1.82, 2.24) is 9.80 Å². The zero-order valence-corrected chi connectivity index (χ0v) is 20.8. The maximum absolute atomic E-state index is 13.3. The summed E-state index contributed by atoms with van der Waals surface area (Å²) in [5.74, 6) is 0.292. The minimum Gasteiger partial charge on any atom is -0.507 e.